The van der Waals surface area contributed by atoms with Crippen LogP contribution in [0.4, 0.5) is 0 Å². The van der Waals surface area contributed by atoms with E-state index >= 15 is 0 Å². The first kappa shape index (κ1) is 12.3. The molecule has 1 atom stereocenters. The normalized spacial score (nSPS) is 12.8. The molecule has 2 aromatic rings. The zero-order valence-electron chi connectivity index (χ0n) is 10.3. The Balaban J connectivity index is 2.07. The van der Waals surface area contributed by atoms with Crippen LogP contribution in [0.25, 0.3) is 0 Å². The Kier molecular flexibility index (Phi) is 4.34. The molecule has 0 saturated carbocycles. The molecule has 1 N–H and O–H groups in total. The molecule has 0 saturated heterocycles. The fourth-order valence-electron chi connectivity index (χ4n) is 1.76. The van der Waals surface area contributed by atoms with E-state index in [4.69, 9.17) is 4.42 Å². The van der Waals surface area contributed by atoms with Gasteiger partial charge in [-0.25, -0.2) is 4.98 Å². The smallest absolute Gasteiger partial charge is 0.105 e. The second-order valence-corrected chi connectivity index (χ2v) is 5.34. The lowest BCUT2D eigenvalue weighted by molar-refractivity contribution is 0.452. The van der Waals surface area contributed by atoms with E-state index in [1.807, 2.05) is 25.3 Å². The van der Waals surface area contributed by atoms with Gasteiger partial charge in [0, 0.05) is 17.5 Å². The summed E-state index contributed by atoms with van der Waals surface area (Å²) in [5.41, 5.74) is 0. The molecule has 0 radical (unpaired) electrons. The number of aromatic nitrogens is 1. The molecule has 0 aliphatic rings. The van der Waals surface area contributed by atoms with Gasteiger partial charge in [-0.2, -0.15) is 0 Å². The summed E-state index contributed by atoms with van der Waals surface area (Å²) in [5.74, 6) is 1.02. The molecule has 4 heteroatoms. The molecule has 92 valence electrons. The predicted octanol–water partition coefficient (Wildman–Crippen LogP) is 3.33. The molecule has 2 rings (SSSR count). The van der Waals surface area contributed by atoms with Crippen molar-refractivity contribution in [1.29, 1.82) is 0 Å². The third-order valence-electron chi connectivity index (χ3n) is 2.61. The van der Waals surface area contributed by atoms with E-state index in [9.17, 15) is 0 Å². The number of hydrogen-bond acceptors (Lipinski definition) is 4. The van der Waals surface area contributed by atoms with E-state index in [-0.39, 0.29) is 0 Å². The van der Waals surface area contributed by atoms with Crippen LogP contribution in [0.3, 0.4) is 0 Å². The maximum Gasteiger partial charge on any atom is 0.105 e. The Hall–Kier alpha value is -1.13. The van der Waals surface area contributed by atoms with Gasteiger partial charge < -0.3 is 9.73 Å². The lowest BCUT2D eigenvalue weighted by Gasteiger charge is -2.15. The van der Waals surface area contributed by atoms with Gasteiger partial charge in [-0.05, 0) is 32.0 Å². The molecule has 0 fully saturated rings. The topological polar surface area (TPSA) is 38.1 Å². The number of nitrogens with zero attached hydrogens (tertiary/aromatic N) is 1. The van der Waals surface area contributed by atoms with Gasteiger partial charge in [0.1, 0.15) is 5.76 Å². The van der Waals surface area contributed by atoms with Crippen LogP contribution < -0.4 is 5.32 Å². The zero-order valence-corrected chi connectivity index (χ0v) is 11.1. The molecule has 2 aromatic heterocycles. The Bertz CT molecular complexity index is 436. The van der Waals surface area contributed by atoms with Crippen molar-refractivity contribution in [3.8, 4) is 0 Å². The van der Waals surface area contributed by atoms with E-state index in [0.717, 1.165) is 30.2 Å². The highest BCUT2D eigenvalue weighted by Crippen LogP contribution is 2.24. The van der Waals surface area contributed by atoms with Crippen LogP contribution in [0.2, 0.25) is 0 Å². The van der Waals surface area contributed by atoms with Gasteiger partial charge in [-0.3, -0.25) is 0 Å². The van der Waals surface area contributed by atoms with E-state index in [1.54, 1.807) is 17.6 Å². The number of aryl methyl sites for hydroxylation is 1. The van der Waals surface area contributed by atoms with Crippen molar-refractivity contribution < 1.29 is 4.42 Å². The van der Waals surface area contributed by atoms with E-state index in [0.29, 0.717) is 6.04 Å². The van der Waals surface area contributed by atoms with Crippen molar-refractivity contribution in [3.05, 3.63) is 40.2 Å². The Morgan fingerprint density at radius 1 is 1.53 bits per heavy atom. The zero-order chi connectivity index (χ0) is 12.1. The van der Waals surface area contributed by atoms with Gasteiger partial charge in [-0.1, -0.05) is 6.92 Å². The standard InChI is InChI=1S/C13H18N2OS/c1-3-6-14-12(8-11-5-4-7-16-11)13-9-15-10(2)17-13/h4-5,7,9,12,14H,3,6,8H2,1-2H3. The average Bonchev–Trinajstić information content (AvgIpc) is 2.95. The lowest BCUT2D eigenvalue weighted by atomic mass is 10.1. The Morgan fingerprint density at radius 3 is 3.00 bits per heavy atom. The Morgan fingerprint density at radius 2 is 2.41 bits per heavy atom. The summed E-state index contributed by atoms with van der Waals surface area (Å²) in [4.78, 5) is 5.61. The number of thiazole rings is 1. The predicted molar refractivity (Wildman–Crippen MR) is 70.3 cm³/mol. The number of nitrogens with one attached hydrogen (secondary N) is 1. The van der Waals surface area contributed by atoms with Crippen molar-refractivity contribution in [2.24, 2.45) is 0 Å². The van der Waals surface area contributed by atoms with E-state index < -0.39 is 0 Å². The summed E-state index contributed by atoms with van der Waals surface area (Å²) < 4.78 is 5.42. The molecule has 0 amide bonds. The van der Waals surface area contributed by atoms with Crippen LogP contribution in [-0.2, 0) is 6.42 Å². The van der Waals surface area contributed by atoms with Crippen LogP contribution in [0.5, 0.6) is 0 Å². The quantitative estimate of drug-likeness (QED) is 0.854. The Labute approximate surface area is 106 Å². The van der Waals surface area contributed by atoms with E-state index in [2.05, 4.69) is 17.2 Å². The van der Waals surface area contributed by atoms with Gasteiger partial charge in [-0.15, -0.1) is 11.3 Å². The second kappa shape index (κ2) is 5.98. The third kappa shape index (κ3) is 3.41. The molecule has 2 heterocycles. The van der Waals surface area contributed by atoms with Crippen molar-refractivity contribution in [1.82, 2.24) is 10.3 Å². The number of rotatable bonds is 6. The number of hydrogen-bond donors (Lipinski definition) is 1. The maximum atomic E-state index is 5.42. The van der Waals surface area contributed by atoms with Crippen molar-refractivity contribution in [2.45, 2.75) is 32.7 Å². The van der Waals surface area contributed by atoms with Crippen molar-refractivity contribution in [3.63, 3.8) is 0 Å². The van der Waals surface area contributed by atoms with Gasteiger partial charge in [0.25, 0.3) is 0 Å². The molecular weight excluding hydrogens is 232 g/mol. The maximum absolute atomic E-state index is 5.42. The molecule has 0 bridgehead atoms. The molecule has 3 nitrogen and oxygen atoms in total. The average molecular weight is 250 g/mol. The lowest BCUT2D eigenvalue weighted by Crippen LogP contribution is -2.23. The SMILES string of the molecule is CCCNC(Cc1ccco1)c1cnc(C)s1. The highest BCUT2D eigenvalue weighted by Gasteiger charge is 2.15. The minimum atomic E-state index is 0.312. The van der Waals surface area contributed by atoms with Crippen LogP contribution in [0.1, 0.15) is 35.0 Å². The van der Waals surface area contributed by atoms with E-state index in [1.165, 1.54) is 4.88 Å². The van der Waals surface area contributed by atoms with Crippen LogP contribution in [0.15, 0.2) is 29.0 Å². The highest BCUT2D eigenvalue weighted by atomic mass is 32.1. The third-order valence-corrected chi connectivity index (χ3v) is 3.64. The fraction of sp³-hybridized carbons (Fsp3) is 0.462. The summed E-state index contributed by atoms with van der Waals surface area (Å²) in [6, 6.07) is 4.27. The number of furan rings is 1. The summed E-state index contributed by atoms with van der Waals surface area (Å²) >= 11 is 1.75. The van der Waals surface area contributed by atoms with Crippen LogP contribution in [0, 0.1) is 6.92 Å². The summed E-state index contributed by atoms with van der Waals surface area (Å²) in [5, 5.41) is 4.66. The van der Waals surface area contributed by atoms with Crippen molar-refractivity contribution >= 4 is 11.3 Å². The van der Waals surface area contributed by atoms with Gasteiger partial charge in [0.05, 0.1) is 17.3 Å². The van der Waals surface area contributed by atoms with Gasteiger partial charge in [0.15, 0.2) is 0 Å². The highest BCUT2D eigenvalue weighted by molar-refractivity contribution is 7.11. The minimum absolute atomic E-state index is 0.312. The van der Waals surface area contributed by atoms with Crippen molar-refractivity contribution in [2.75, 3.05) is 6.54 Å². The molecule has 0 aliphatic heterocycles. The molecule has 1 unspecified atom stereocenters. The van der Waals surface area contributed by atoms with Gasteiger partial charge in [0.2, 0.25) is 0 Å². The molecular formula is C13H18N2OS. The first-order valence-corrected chi connectivity index (χ1v) is 6.79. The summed E-state index contributed by atoms with van der Waals surface area (Å²) in [6.07, 6.45) is 5.71. The van der Waals surface area contributed by atoms with Gasteiger partial charge >= 0.3 is 0 Å². The molecule has 0 aromatic carbocycles. The largest absolute Gasteiger partial charge is 0.469 e. The minimum Gasteiger partial charge on any atom is -0.469 e. The van der Waals surface area contributed by atoms with Crippen LogP contribution in [-0.4, -0.2) is 11.5 Å². The first-order chi connectivity index (χ1) is 8.29. The monoisotopic (exact) mass is 250 g/mol. The molecule has 0 spiro atoms. The molecule has 0 aliphatic carbocycles. The molecule has 17 heavy (non-hydrogen) atoms. The summed E-state index contributed by atoms with van der Waals surface area (Å²) in [7, 11) is 0. The van der Waals surface area contributed by atoms with Crippen LogP contribution >= 0.6 is 11.3 Å². The summed E-state index contributed by atoms with van der Waals surface area (Å²) in [6.45, 7) is 5.23. The first-order valence-electron chi connectivity index (χ1n) is 5.97. The second-order valence-electron chi connectivity index (χ2n) is 4.07. The fourth-order valence-corrected chi connectivity index (χ4v) is 2.62.